The largest absolute Gasteiger partial charge is 0.444 e. The van der Waals surface area contributed by atoms with Crippen molar-refractivity contribution in [2.75, 3.05) is 5.75 Å². The van der Waals surface area contributed by atoms with Gasteiger partial charge in [0.2, 0.25) is 0 Å². The second-order valence-corrected chi connectivity index (χ2v) is 10.2. The predicted molar refractivity (Wildman–Crippen MR) is 98.6 cm³/mol. The van der Waals surface area contributed by atoms with Crippen LogP contribution in [0.15, 0.2) is 29.2 Å². The molecule has 9 heteroatoms. The molecule has 0 aromatic heterocycles. The Kier molecular flexibility index (Phi) is 6.68. The summed E-state index contributed by atoms with van der Waals surface area (Å²) in [6.07, 6.45) is -2.76. The van der Waals surface area contributed by atoms with Gasteiger partial charge in [-0.25, -0.2) is 13.2 Å². The maximum Gasteiger partial charge on any atom is 0.416 e. The number of alkyl halides is 3. The molecule has 1 saturated carbocycles. The van der Waals surface area contributed by atoms with E-state index >= 15 is 0 Å². The first-order chi connectivity index (χ1) is 12.8. The Labute approximate surface area is 163 Å². The van der Waals surface area contributed by atoms with Crippen LogP contribution < -0.4 is 5.32 Å². The minimum Gasteiger partial charge on any atom is -0.444 e. The number of alkyl carbamates (subject to hydrolysis) is 1. The van der Waals surface area contributed by atoms with E-state index in [1.165, 1.54) is 6.07 Å². The molecule has 1 aliphatic carbocycles. The number of benzene rings is 1. The first-order valence-corrected chi connectivity index (χ1v) is 10.8. The molecule has 0 bridgehead atoms. The summed E-state index contributed by atoms with van der Waals surface area (Å²) < 4.78 is 68.8. The molecule has 1 aliphatic rings. The molecule has 0 saturated heterocycles. The summed E-state index contributed by atoms with van der Waals surface area (Å²) >= 11 is 0. The SMILES string of the molecule is CC(C)(C)OC(=O)N[C@H]1CC[C@@H](CS(=O)(=O)c2cccc(C(F)(F)F)c2)CC1. The average Bonchev–Trinajstić information content (AvgIpc) is 2.54. The average molecular weight is 421 g/mol. The highest BCUT2D eigenvalue weighted by atomic mass is 32.2. The van der Waals surface area contributed by atoms with Crippen molar-refractivity contribution in [2.24, 2.45) is 5.92 Å². The summed E-state index contributed by atoms with van der Waals surface area (Å²) in [4.78, 5) is 11.5. The Bertz CT molecular complexity index is 792. The number of ether oxygens (including phenoxy) is 1. The summed E-state index contributed by atoms with van der Waals surface area (Å²) in [5.74, 6) is -0.357. The van der Waals surface area contributed by atoms with Crippen LogP contribution >= 0.6 is 0 Å². The molecule has 0 heterocycles. The zero-order chi connectivity index (χ0) is 21.2. The molecule has 1 aromatic carbocycles. The predicted octanol–water partition coefficient (Wildman–Crippen LogP) is 4.56. The number of carbonyl (C=O) groups is 1. The lowest BCUT2D eigenvalue weighted by molar-refractivity contribution is -0.137. The lowest BCUT2D eigenvalue weighted by Gasteiger charge is -2.30. The zero-order valence-corrected chi connectivity index (χ0v) is 17.0. The van der Waals surface area contributed by atoms with Gasteiger partial charge in [0.15, 0.2) is 9.84 Å². The molecule has 0 spiro atoms. The van der Waals surface area contributed by atoms with E-state index in [9.17, 15) is 26.4 Å². The number of amides is 1. The topological polar surface area (TPSA) is 72.5 Å². The molecule has 0 aliphatic heterocycles. The maximum absolute atomic E-state index is 12.8. The van der Waals surface area contributed by atoms with E-state index < -0.39 is 33.3 Å². The van der Waals surface area contributed by atoms with Crippen LogP contribution in [0.5, 0.6) is 0 Å². The Morgan fingerprint density at radius 3 is 2.29 bits per heavy atom. The van der Waals surface area contributed by atoms with Crippen LogP contribution in [0.4, 0.5) is 18.0 Å². The van der Waals surface area contributed by atoms with Crippen LogP contribution in [0.3, 0.4) is 0 Å². The van der Waals surface area contributed by atoms with Crippen LogP contribution in [-0.4, -0.2) is 31.9 Å². The van der Waals surface area contributed by atoms with E-state index in [2.05, 4.69) is 5.32 Å². The highest BCUT2D eigenvalue weighted by Crippen LogP contribution is 2.32. The smallest absolute Gasteiger partial charge is 0.416 e. The highest BCUT2D eigenvalue weighted by Gasteiger charge is 2.33. The molecule has 1 N–H and O–H groups in total. The lowest BCUT2D eigenvalue weighted by Crippen LogP contribution is -2.41. The first-order valence-electron chi connectivity index (χ1n) is 9.16. The third-order valence-electron chi connectivity index (χ3n) is 4.54. The van der Waals surface area contributed by atoms with Gasteiger partial charge in [-0.1, -0.05) is 6.07 Å². The molecule has 1 amide bonds. The van der Waals surface area contributed by atoms with E-state index in [0.29, 0.717) is 31.7 Å². The van der Waals surface area contributed by atoms with Gasteiger partial charge in [-0.3, -0.25) is 0 Å². The van der Waals surface area contributed by atoms with Gasteiger partial charge < -0.3 is 10.1 Å². The molecular weight excluding hydrogens is 395 g/mol. The van der Waals surface area contributed by atoms with Gasteiger partial charge in [0.05, 0.1) is 16.2 Å². The van der Waals surface area contributed by atoms with E-state index in [1.807, 2.05) is 0 Å². The molecule has 0 radical (unpaired) electrons. The molecule has 2 rings (SSSR count). The highest BCUT2D eigenvalue weighted by molar-refractivity contribution is 7.91. The van der Waals surface area contributed by atoms with E-state index in [0.717, 1.165) is 12.1 Å². The van der Waals surface area contributed by atoms with Crippen LogP contribution in [-0.2, 0) is 20.8 Å². The fourth-order valence-electron chi connectivity index (χ4n) is 3.22. The molecule has 1 aromatic rings. The van der Waals surface area contributed by atoms with E-state index in [4.69, 9.17) is 4.74 Å². The van der Waals surface area contributed by atoms with Gasteiger partial charge in [-0.15, -0.1) is 0 Å². The number of halogens is 3. The standard InChI is InChI=1S/C19H26F3NO4S/c1-18(2,3)27-17(24)23-15-9-7-13(8-10-15)12-28(25,26)16-6-4-5-14(11-16)19(20,21)22/h4-6,11,13,15H,7-10,12H2,1-3H3,(H,23,24)/t13-,15+. The van der Waals surface area contributed by atoms with Crippen molar-refractivity contribution < 1.29 is 31.1 Å². The van der Waals surface area contributed by atoms with Gasteiger partial charge in [0, 0.05) is 6.04 Å². The lowest BCUT2D eigenvalue weighted by atomic mass is 9.87. The number of hydrogen-bond donors (Lipinski definition) is 1. The molecular formula is C19H26F3NO4S. The summed E-state index contributed by atoms with van der Waals surface area (Å²) in [6, 6.07) is 3.75. The molecule has 0 unspecified atom stereocenters. The Morgan fingerprint density at radius 1 is 1.14 bits per heavy atom. The second-order valence-electron chi connectivity index (χ2n) is 8.17. The van der Waals surface area contributed by atoms with Crippen molar-refractivity contribution in [1.82, 2.24) is 5.32 Å². The number of carbonyl (C=O) groups excluding carboxylic acids is 1. The second kappa shape index (κ2) is 8.31. The van der Waals surface area contributed by atoms with Gasteiger partial charge in [0.25, 0.3) is 0 Å². The van der Waals surface area contributed by atoms with Gasteiger partial charge in [-0.05, 0) is 70.6 Å². The van der Waals surface area contributed by atoms with Crippen molar-refractivity contribution in [3.63, 3.8) is 0 Å². The molecule has 1 fully saturated rings. The molecule has 158 valence electrons. The zero-order valence-electron chi connectivity index (χ0n) is 16.2. The van der Waals surface area contributed by atoms with Crippen LogP contribution in [0.2, 0.25) is 0 Å². The third kappa shape index (κ3) is 6.68. The Balaban J connectivity index is 1.93. The number of rotatable bonds is 4. The fourth-order valence-corrected chi connectivity index (χ4v) is 4.96. The van der Waals surface area contributed by atoms with Crippen molar-refractivity contribution >= 4 is 15.9 Å². The molecule has 5 nitrogen and oxygen atoms in total. The number of sulfone groups is 1. The van der Waals surface area contributed by atoms with Crippen LogP contribution in [0.1, 0.15) is 52.0 Å². The normalized spacial score (nSPS) is 21.2. The minimum absolute atomic E-state index is 0.0950. The van der Waals surface area contributed by atoms with Crippen molar-refractivity contribution in [3.05, 3.63) is 29.8 Å². The van der Waals surface area contributed by atoms with Gasteiger partial charge in [-0.2, -0.15) is 13.2 Å². The Hall–Kier alpha value is -1.77. The Morgan fingerprint density at radius 2 is 1.75 bits per heavy atom. The van der Waals surface area contributed by atoms with Crippen molar-refractivity contribution in [3.8, 4) is 0 Å². The monoisotopic (exact) mass is 421 g/mol. The van der Waals surface area contributed by atoms with Crippen LogP contribution in [0.25, 0.3) is 0 Å². The van der Waals surface area contributed by atoms with Crippen LogP contribution in [0, 0.1) is 5.92 Å². The molecule has 28 heavy (non-hydrogen) atoms. The quantitative estimate of drug-likeness (QED) is 0.773. The third-order valence-corrected chi connectivity index (χ3v) is 6.43. The minimum atomic E-state index is -4.59. The first kappa shape index (κ1) is 22.5. The fraction of sp³-hybridized carbons (Fsp3) is 0.632. The van der Waals surface area contributed by atoms with Gasteiger partial charge in [0.1, 0.15) is 5.60 Å². The number of nitrogens with one attached hydrogen (secondary N) is 1. The summed E-state index contributed by atoms with van der Waals surface area (Å²) in [5.41, 5.74) is -1.57. The summed E-state index contributed by atoms with van der Waals surface area (Å²) in [7, 11) is -3.82. The van der Waals surface area contributed by atoms with Crippen molar-refractivity contribution in [1.29, 1.82) is 0 Å². The maximum atomic E-state index is 12.8. The number of hydrogen-bond acceptors (Lipinski definition) is 4. The van der Waals surface area contributed by atoms with E-state index in [-0.39, 0.29) is 22.6 Å². The molecule has 0 atom stereocenters. The summed E-state index contributed by atoms with van der Waals surface area (Å²) in [6.45, 7) is 5.30. The van der Waals surface area contributed by atoms with Crippen molar-refractivity contribution in [2.45, 2.75) is 69.2 Å². The van der Waals surface area contributed by atoms with E-state index in [1.54, 1.807) is 20.8 Å². The van der Waals surface area contributed by atoms with Gasteiger partial charge >= 0.3 is 12.3 Å². The summed E-state index contributed by atoms with van der Waals surface area (Å²) in [5, 5.41) is 2.78.